The van der Waals surface area contributed by atoms with Crippen LogP contribution in [0.4, 0.5) is 14.5 Å². The maximum atomic E-state index is 12.6. The second-order valence-corrected chi connectivity index (χ2v) is 5.00. The molecule has 2 aromatic rings. The van der Waals surface area contributed by atoms with E-state index < -0.39 is 30.0 Å². The van der Waals surface area contributed by atoms with Crippen LogP contribution in [0.3, 0.4) is 0 Å². The third-order valence-corrected chi connectivity index (χ3v) is 3.28. The van der Waals surface area contributed by atoms with Crippen molar-refractivity contribution in [2.45, 2.75) is 19.6 Å². The summed E-state index contributed by atoms with van der Waals surface area (Å²) in [7, 11) is 0. The van der Waals surface area contributed by atoms with Crippen molar-refractivity contribution in [3.05, 3.63) is 58.2 Å². The van der Waals surface area contributed by atoms with Crippen molar-refractivity contribution in [3.63, 3.8) is 0 Å². The first-order chi connectivity index (χ1) is 12.4. The number of esters is 1. The lowest BCUT2D eigenvalue weighted by Crippen LogP contribution is -2.26. The van der Waals surface area contributed by atoms with Crippen molar-refractivity contribution in [2.75, 3.05) is 6.54 Å². The number of nitrogens with zero attached hydrogens (tertiary/aromatic N) is 3. The summed E-state index contributed by atoms with van der Waals surface area (Å²) in [6.07, 6.45) is 2.06. The second kappa shape index (κ2) is 8.65. The number of carbonyl (C=O) groups is 2. The number of non-ortho nitro benzene ring substituents is 1. The first-order valence-electron chi connectivity index (χ1n) is 7.36. The summed E-state index contributed by atoms with van der Waals surface area (Å²) < 4.78 is 30.6. The van der Waals surface area contributed by atoms with E-state index in [1.807, 2.05) is 0 Å². The number of aromatic nitrogens is 2. The Morgan fingerprint density at radius 2 is 2.00 bits per heavy atom. The van der Waals surface area contributed by atoms with Gasteiger partial charge in [0, 0.05) is 36.6 Å². The zero-order valence-corrected chi connectivity index (χ0v) is 13.3. The molecule has 0 aliphatic heterocycles. The lowest BCUT2D eigenvalue weighted by atomic mass is 10.2. The zero-order valence-electron chi connectivity index (χ0n) is 13.3. The number of amides is 1. The van der Waals surface area contributed by atoms with E-state index in [9.17, 15) is 28.5 Å². The molecule has 0 radical (unpaired) electrons. The molecule has 11 heteroatoms. The maximum Gasteiger partial charge on any atom is 0.320 e. The largest absolute Gasteiger partial charge is 0.457 e. The molecule has 0 saturated carbocycles. The molecule has 0 spiro atoms. The van der Waals surface area contributed by atoms with Crippen molar-refractivity contribution in [1.29, 1.82) is 0 Å². The van der Waals surface area contributed by atoms with Crippen LogP contribution in [0.15, 0.2) is 36.7 Å². The van der Waals surface area contributed by atoms with Crippen LogP contribution in [0.5, 0.6) is 0 Å². The summed E-state index contributed by atoms with van der Waals surface area (Å²) in [5.41, 5.74) is 0.0511. The highest BCUT2D eigenvalue weighted by Crippen LogP contribution is 2.13. The topological polar surface area (TPSA) is 116 Å². The number of nitro groups is 1. The number of nitrogens with one attached hydrogen (secondary N) is 1. The Kier molecular flexibility index (Phi) is 6.31. The summed E-state index contributed by atoms with van der Waals surface area (Å²) in [5, 5.41) is 13.0. The molecule has 9 nitrogen and oxygen atoms in total. The molecule has 138 valence electrons. The second-order valence-electron chi connectivity index (χ2n) is 5.00. The van der Waals surface area contributed by atoms with E-state index in [1.54, 1.807) is 0 Å². The Bertz CT molecular complexity index is 792. The normalized spacial score (nSPS) is 10.6. The number of imidazole rings is 1. The number of halogens is 2. The van der Waals surface area contributed by atoms with E-state index in [0.29, 0.717) is 4.57 Å². The minimum atomic E-state index is -2.79. The smallest absolute Gasteiger partial charge is 0.320 e. The molecule has 1 heterocycles. The molecule has 0 fully saturated rings. The van der Waals surface area contributed by atoms with Crippen molar-refractivity contribution >= 4 is 17.6 Å². The SMILES string of the molecule is O=C(CCNC(=O)c1ccc([N+](=O)[O-])cc1)OCc1nccn1C(F)F. The molecule has 0 unspecified atom stereocenters. The van der Waals surface area contributed by atoms with Crippen LogP contribution in [0, 0.1) is 10.1 Å². The molecule has 0 aliphatic rings. The fraction of sp³-hybridized carbons (Fsp3) is 0.267. The highest BCUT2D eigenvalue weighted by Gasteiger charge is 2.14. The highest BCUT2D eigenvalue weighted by atomic mass is 19.3. The van der Waals surface area contributed by atoms with Crippen LogP contribution in [-0.4, -0.2) is 32.9 Å². The number of benzene rings is 1. The van der Waals surface area contributed by atoms with Crippen LogP contribution >= 0.6 is 0 Å². The van der Waals surface area contributed by atoms with Crippen LogP contribution in [-0.2, 0) is 16.1 Å². The summed E-state index contributed by atoms with van der Waals surface area (Å²) in [6.45, 7) is -3.24. The molecule has 1 N–H and O–H groups in total. The van der Waals surface area contributed by atoms with E-state index in [1.165, 1.54) is 30.5 Å². The molecular weight excluding hydrogens is 354 g/mol. The Balaban J connectivity index is 1.74. The number of hydrogen-bond acceptors (Lipinski definition) is 6. The van der Waals surface area contributed by atoms with Crippen LogP contribution in [0.1, 0.15) is 29.2 Å². The minimum absolute atomic E-state index is 0.0437. The Morgan fingerprint density at radius 3 is 2.62 bits per heavy atom. The number of rotatable bonds is 8. The van der Waals surface area contributed by atoms with Gasteiger partial charge in [0.15, 0.2) is 5.82 Å². The van der Waals surface area contributed by atoms with Crippen LogP contribution in [0.2, 0.25) is 0 Å². The van der Waals surface area contributed by atoms with Gasteiger partial charge in [-0.05, 0) is 12.1 Å². The van der Waals surface area contributed by atoms with E-state index in [4.69, 9.17) is 4.74 Å². The monoisotopic (exact) mass is 368 g/mol. The summed E-state index contributed by atoms with van der Waals surface area (Å²) in [6, 6.07) is 4.95. The van der Waals surface area contributed by atoms with Gasteiger partial charge in [-0.3, -0.25) is 24.3 Å². The van der Waals surface area contributed by atoms with Gasteiger partial charge < -0.3 is 10.1 Å². The molecule has 1 amide bonds. The van der Waals surface area contributed by atoms with Gasteiger partial charge in [-0.25, -0.2) is 4.98 Å². The van der Waals surface area contributed by atoms with E-state index in [2.05, 4.69) is 10.3 Å². The van der Waals surface area contributed by atoms with E-state index in [0.717, 1.165) is 6.20 Å². The summed E-state index contributed by atoms with van der Waals surface area (Å²) in [4.78, 5) is 37.0. The van der Waals surface area contributed by atoms with Gasteiger partial charge in [-0.2, -0.15) is 8.78 Å². The average molecular weight is 368 g/mol. The van der Waals surface area contributed by atoms with Crippen molar-refractivity contribution < 1.29 is 28.0 Å². The molecule has 26 heavy (non-hydrogen) atoms. The number of ether oxygens (including phenoxy) is 1. The standard InChI is InChI=1S/C15H14F2N4O5/c16-15(17)20-8-7-18-12(20)9-26-13(22)5-6-19-14(23)10-1-3-11(4-2-10)21(24)25/h1-4,7-8,15H,5-6,9H2,(H,19,23). The first kappa shape index (κ1) is 19.0. The van der Waals surface area contributed by atoms with E-state index >= 15 is 0 Å². The van der Waals surface area contributed by atoms with Crippen LogP contribution < -0.4 is 5.32 Å². The van der Waals surface area contributed by atoms with Gasteiger partial charge in [0.1, 0.15) is 6.61 Å². The first-order valence-corrected chi connectivity index (χ1v) is 7.36. The number of alkyl halides is 2. The molecule has 0 saturated heterocycles. The average Bonchev–Trinajstić information content (AvgIpc) is 3.09. The minimum Gasteiger partial charge on any atom is -0.457 e. The third kappa shape index (κ3) is 5.06. The molecule has 0 bridgehead atoms. The molecule has 2 rings (SSSR count). The predicted molar refractivity (Wildman–Crippen MR) is 83.3 cm³/mol. The third-order valence-electron chi connectivity index (χ3n) is 3.28. The van der Waals surface area contributed by atoms with Crippen molar-refractivity contribution in [1.82, 2.24) is 14.9 Å². The predicted octanol–water partition coefficient (Wildman–Crippen LogP) is 2.05. The molecule has 0 atom stereocenters. The summed E-state index contributed by atoms with van der Waals surface area (Å²) in [5.74, 6) is -1.30. The van der Waals surface area contributed by atoms with Crippen molar-refractivity contribution in [3.8, 4) is 0 Å². The van der Waals surface area contributed by atoms with Gasteiger partial charge in [-0.1, -0.05) is 0 Å². The van der Waals surface area contributed by atoms with E-state index in [-0.39, 0.29) is 30.0 Å². The number of hydrogen-bond donors (Lipinski definition) is 1. The number of carbonyl (C=O) groups excluding carboxylic acids is 2. The van der Waals surface area contributed by atoms with Gasteiger partial charge in [0.05, 0.1) is 11.3 Å². The van der Waals surface area contributed by atoms with Gasteiger partial charge >= 0.3 is 12.5 Å². The lowest BCUT2D eigenvalue weighted by molar-refractivity contribution is -0.384. The highest BCUT2D eigenvalue weighted by molar-refractivity contribution is 5.94. The van der Waals surface area contributed by atoms with Crippen LogP contribution in [0.25, 0.3) is 0 Å². The Labute approximate surface area is 145 Å². The zero-order chi connectivity index (χ0) is 19.1. The quantitative estimate of drug-likeness (QED) is 0.433. The fourth-order valence-corrected chi connectivity index (χ4v) is 1.97. The lowest BCUT2D eigenvalue weighted by Gasteiger charge is -2.08. The molecule has 1 aromatic carbocycles. The van der Waals surface area contributed by atoms with Crippen molar-refractivity contribution in [2.24, 2.45) is 0 Å². The number of nitro benzene ring substituents is 1. The van der Waals surface area contributed by atoms with Gasteiger partial charge in [0.25, 0.3) is 11.6 Å². The Hall–Kier alpha value is -3.37. The summed E-state index contributed by atoms with van der Waals surface area (Å²) >= 11 is 0. The molecule has 1 aromatic heterocycles. The fourth-order valence-electron chi connectivity index (χ4n) is 1.97. The maximum absolute atomic E-state index is 12.6. The Morgan fingerprint density at radius 1 is 1.31 bits per heavy atom. The van der Waals surface area contributed by atoms with Gasteiger partial charge in [0.2, 0.25) is 0 Å². The molecule has 0 aliphatic carbocycles. The molecular formula is C15H14F2N4O5. The van der Waals surface area contributed by atoms with Gasteiger partial charge in [-0.15, -0.1) is 0 Å².